The van der Waals surface area contributed by atoms with E-state index in [1.807, 2.05) is 34.9 Å². The monoisotopic (exact) mass is 400 g/mol. The van der Waals surface area contributed by atoms with E-state index in [0.29, 0.717) is 23.3 Å². The summed E-state index contributed by atoms with van der Waals surface area (Å²) in [5.74, 6) is 0.903. The maximum atomic E-state index is 13.4. The molecular weight excluding hydrogens is 375 g/mol. The first-order chi connectivity index (χ1) is 13.6. The lowest BCUT2D eigenvalue weighted by Crippen LogP contribution is -2.33. The van der Waals surface area contributed by atoms with Crippen molar-refractivity contribution in [2.75, 3.05) is 25.4 Å². The molecule has 1 atom stereocenters. The van der Waals surface area contributed by atoms with Crippen LogP contribution in [0.3, 0.4) is 0 Å². The molecule has 0 aliphatic carbocycles. The maximum Gasteiger partial charge on any atom is 0.196 e. The van der Waals surface area contributed by atoms with E-state index in [1.165, 1.54) is 23.9 Å². The third-order valence-electron chi connectivity index (χ3n) is 4.52. The van der Waals surface area contributed by atoms with Crippen LogP contribution in [0.2, 0.25) is 0 Å². The van der Waals surface area contributed by atoms with Gasteiger partial charge >= 0.3 is 0 Å². The number of halogens is 1. The number of aromatic nitrogens is 3. The van der Waals surface area contributed by atoms with Crippen molar-refractivity contribution < 1.29 is 9.50 Å². The van der Waals surface area contributed by atoms with Gasteiger partial charge in [0.1, 0.15) is 5.82 Å². The third kappa shape index (κ3) is 4.98. The minimum Gasteiger partial charge on any atom is -0.391 e. The van der Waals surface area contributed by atoms with E-state index >= 15 is 0 Å². The Bertz CT molecular complexity index is 866. The van der Waals surface area contributed by atoms with Crippen LogP contribution in [0.1, 0.15) is 13.8 Å². The van der Waals surface area contributed by atoms with Crippen LogP contribution in [-0.4, -0.2) is 56.3 Å². The van der Waals surface area contributed by atoms with Crippen molar-refractivity contribution in [2.45, 2.75) is 25.1 Å². The molecule has 0 amide bonds. The van der Waals surface area contributed by atoms with Crippen molar-refractivity contribution in [3.05, 3.63) is 60.4 Å². The van der Waals surface area contributed by atoms with Crippen LogP contribution in [0, 0.1) is 5.82 Å². The van der Waals surface area contributed by atoms with E-state index in [0.717, 1.165) is 24.3 Å². The smallest absolute Gasteiger partial charge is 0.196 e. The summed E-state index contributed by atoms with van der Waals surface area (Å²) in [5, 5.41) is 19.8. The van der Waals surface area contributed by atoms with E-state index in [1.54, 1.807) is 12.1 Å². The molecule has 7 heteroatoms. The first-order valence-electron chi connectivity index (χ1n) is 9.42. The van der Waals surface area contributed by atoms with Crippen LogP contribution in [0.4, 0.5) is 4.39 Å². The molecule has 0 aliphatic rings. The summed E-state index contributed by atoms with van der Waals surface area (Å²) in [5.41, 5.74) is 1.71. The highest BCUT2D eigenvalue weighted by Gasteiger charge is 2.18. The minimum absolute atomic E-state index is 0.290. The zero-order valence-electron chi connectivity index (χ0n) is 16.1. The average Bonchev–Trinajstić information content (AvgIpc) is 3.15. The van der Waals surface area contributed by atoms with Crippen molar-refractivity contribution in [1.82, 2.24) is 19.7 Å². The normalized spacial score (nSPS) is 12.5. The molecule has 3 aromatic rings. The van der Waals surface area contributed by atoms with Gasteiger partial charge in [-0.3, -0.25) is 4.57 Å². The molecule has 0 saturated heterocycles. The highest BCUT2D eigenvalue weighted by atomic mass is 32.2. The Morgan fingerprint density at radius 3 is 2.36 bits per heavy atom. The molecule has 0 aliphatic heterocycles. The number of hydrogen-bond donors (Lipinski definition) is 1. The lowest BCUT2D eigenvalue weighted by Gasteiger charge is -2.21. The Balaban J connectivity index is 1.87. The van der Waals surface area contributed by atoms with Gasteiger partial charge in [0.2, 0.25) is 0 Å². The number of aliphatic hydroxyl groups excluding tert-OH is 1. The Hall–Kier alpha value is -2.22. The van der Waals surface area contributed by atoms with E-state index < -0.39 is 6.10 Å². The first-order valence-corrected chi connectivity index (χ1v) is 10.4. The lowest BCUT2D eigenvalue weighted by molar-refractivity contribution is 0.136. The predicted octanol–water partition coefficient (Wildman–Crippen LogP) is 3.87. The van der Waals surface area contributed by atoms with E-state index in [2.05, 4.69) is 28.9 Å². The fourth-order valence-electron chi connectivity index (χ4n) is 2.96. The lowest BCUT2D eigenvalue weighted by atomic mass is 10.2. The molecule has 148 valence electrons. The van der Waals surface area contributed by atoms with E-state index in [-0.39, 0.29) is 5.82 Å². The minimum atomic E-state index is -0.469. The molecule has 1 unspecified atom stereocenters. The van der Waals surface area contributed by atoms with Gasteiger partial charge in [0.05, 0.1) is 6.10 Å². The zero-order valence-corrected chi connectivity index (χ0v) is 16.9. The van der Waals surface area contributed by atoms with Crippen molar-refractivity contribution in [3.8, 4) is 17.1 Å². The highest BCUT2D eigenvalue weighted by molar-refractivity contribution is 7.99. The summed E-state index contributed by atoms with van der Waals surface area (Å²) >= 11 is 1.45. The molecule has 0 radical (unpaired) electrons. The van der Waals surface area contributed by atoms with Gasteiger partial charge in [-0.15, -0.1) is 10.2 Å². The Morgan fingerprint density at radius 2 is 1.71 bits per heavy atom. The molecule has 3 rings (SSSR count). The molecule has 1 heterocycles. The Kier molecular flexibility index (Phi) is 7.19. The molecule has 1 N–H and O–H groups in total. The average molecular weight is 401 g/mol. The van der Waals surface area contributed by atoms with Gasteiger partial charge in [-0.25, -0.2) is 4.39 Å². The van der Waals surface area contributed by atoms with E-state index in [9.17, 15) is 9.50 Å². The molecule has 1 aromatic heterocycles. The summed E-state index contributed by atoms with van der Waals surface area (Å²) in [6.07, 6.45) is -0.469. The van der Waals surface area contributed by atoms with Crippen molar-refractivity contribution in [1.29, 1.82) is 0 Å². The number of hydrogen-bond acceptors (Lipinski definition) is 5. The molecule has 0 saturated carbocycles. The van der Waals surface area contributed by atoms with Gasteiger partial charge in [0, 0.05) is 23.5 Å². The van der Waals surface area contributed by atoms with Gasteiger partial charge < -0.3 is 10.0 Å². The molecule has 5 nitrogen and oxygen atoms in total. The fourth-order valence-corrected chi connectivity index (χ4v) is 3.83. The van der Waals surface area contributed by atoms with Gasteiger partial charge in [-0.05, 0) is 37.4 Å². The third-order valence-corrected chi connectivity index (χ3v) is 5.59. The number of benzene rings is 2. The van der Waals surface area contributed by atoms with E-state index in [4.69, 9.17) is 0 Å². The second-order valence-electron chi connectivity index (χ2n) is 6.43. The fraction of sp³-hybridized carbons (Fsp3) is 0.333. The first kappa shape index (κ1) is 20.5. The van der Waals surface area contributed by atoms with Gasteiger partial charge in [-0.1, -0.05) is 55.9 Å². The van der Waals surface area contributed by atoms with Crippen molar-refractivity contribution >= 4 is 11.8 Å². The quantitative estimate of drug-likeness (QED) is 0.553. The second-order valence-corrected chi connectivity index (χ2v) is 7.42. The van der Waals surface area contributed by atoms with Crippen LogP contribution < -0.4 is 0 Å². The molecule has 28 heavy (non-hydrogen) atoms. The SMILES string of the molecule is CCN(CC)CC(O)CSc1nnc(-c2ccccc2)n1-c1ccc(F)cc1. The van der Waals surface area contributed by atoms with Crippen LogP contribution in [0.25, 0.3) is 17.1 Å². The van der Waals surface area contributed by atoms with Crippen LogP contribution >= 0.6 is 11.8 Å². The predicted molar refractivity (Wildman–Crippen MR) is 111 cm³/mol. The topological polar surface area (TPSA) is 54.2 Å². The Morgan fingerprint density at radius 1 is 1.04 bits per heavy atom. The molecule has 0 spiro atoms. The molecule has 0 bridgehead atoms. The maximum absolute atomic E-state index is 13.4. The van der Waals surface area contributed by atoms with Gasteiger partial charge in [0.25, 0.3) is 0 Å². The number of thioether (sulfide) groups is 1. The van der Waals surface area contributed by atoms with Crippen LogP contribution in [0.15, 0.2) is 59.8 Å². The largest absolute Gasteiger partial charge is 0.391 e. The summed E-state index contributed by atoms with van der Waals surface area (Å²) in [4.78, 5) is 2.19. The number of aliphatic hydroxyl groups is 1. The molecular formula is C21H25FN4OS. The molecule has 0 fully saturated rings. The second kappa shape index (κ2) is 9.82. The van der Waals surface area contributed by atoms with Crippen LogP contribution in [0.5, 0.6) is 0 Å². The summed E-state index contributed by atoms with van der Waals surface area (Å²) in [7, 11) is 0. The number of rotatable bonds is 9. The highest BCUT2D eigenvalue weighted by Crippen LogP contribution is 2.28. The summed E-state index contributed by atoms with van der Waals surface area (Å²) in [6.45, 7) is 6.60. The molecule has 2 aromatic carbocycles. The standard InChI is InChI=1S/C21H25FN4OS/c1-3-25(4-2)14-19(27)15-28-21-24-23-20(16-8-6-5-7-9-16)26(21)18-12-10-17(22)11-13-18/h5-13,19,27H,3-4,14-15H2,1-2H3. The van der Waals surface area contributed by atoms with Gasteiger partial charge in [-0.2, -0.15) is 0 Å². The number of likely N-dealkylation sites (N-methyl/N-ethyl adjacent to an activating group) is 1. The Labute approximate surface area is 169 Å². The zero-order chi connectivity index (χ0) is 19.9. The van der Waals surface area contributed by atoms with Crippen molar-refractivity contribution in [3.63, 3.8) is 0 Å². The van der Waals surface area contributed by atoms with Crippen molar-refractivity contribution in [2.24, 2.45) is 0 Å². The number of nitrogens with zero attached hydrogens (tertiary/aromatic N) is 4. The van der Waals surface area contributed by atoms with Crippen LogP contribution in [-0.2, 0) is 0 Å². The summed E-state index contributed by atoms with van der Waals surface area (Å²) in [6, 6.07) is 16.0. The summed E-state index contributed by atoms with van der Waals surface area (Å²) < 4.78 is 15.3. The van der Waals surface area contributed by atoms with Gasteiger partial charge in [0.15, 0.2) is 11.0 Å².